The van der Waals surface area contributed by atoms with Crippen molar-refractivity contribution in [1.29, 1.82) is 0 Å². The molecule has 1 aliphatic carbocycles. The number of carbonyl (C=O) groups is 1. The second-order valence-corrected chi connectivity index (χ2v) is 10.2. The molecule has 0 spiro atoms. The van der Waals surface area contributed by atoms with Crippen molar-refractivity contribution < 1.29 is 4.79 Å². The minimum atomic E-state index is -0.0706. The Morgan fingerprint density at radius 3 is 2.65 bits per heavy atom. The van der Waals surface area contributed by atoms with Crippen LogP contribution in [0, 0.1) is 0 Å². The molecule has 1 atom stereocenters. The summed E-state index contributed by atoms with van der Waals surface area (Å²) >= 11 is 0. The van der Waals surface area contributed by atoms with Crippen molar-refractivity contribution in [2.45, 2.75) is 76.8 Å². The highest BCUT2D eigenvalue weighted by Crippen LogP contribution is 2.33. The molecule has 1 amide bonds. The van der Waals surface area contributed by atoms with Gasteiger partial charge in [-0.2, -0.15) is 0 Å². The highest BCUT2D eigenvalue weighted by molar-refractivity contribution is 6.17. The Kier molecular flexibility index (Phi) is 6.77. The molecule has 3 heterocycles. The van der Waals surface area contributed by atoms with Gasteiger partial charge in [-0.05, 0) is 51.1 Å². The van der Waals surface area contributed by atoms with E-state index < -0.39 is 0 Å². The lowest BCUT2D eigenvalue weighted by Crippen LogP contribution is -2.40. The maximum atomic E-state index is 13.6. The molecule has 5 rings (SSSR count). The van der Waals surface area contributed by atoms with Crippen molar-refractivity contribution in [1.82, 2.24) is 19.4 Å². The van der Waals surface area contributed by atoms with Crippen LogP contribution in [0.25, 0.3) is 21.8 Å². The van der Waals surface area contributed by atoms with Crippen LogP contribution in [0.5, 0.6) is 0 Å². The van der Waals surface area contributed by atoms with E-state index in [1.165, 1.54) is 32.2 Å². The van der Waals surface area contributed by atoms with E-state index in [4.69, 9.17) is 0 Å². The number of carbonyl (C=O) groups excluding carboxylic acids is 1. The first-order valence-corrected chi connectivity index (χ1v) is 13.2. The van der Waals surface area contributed by atoms with E-state index in [2.05, 4.69) is 17.1 Å². The third-order valence-corrected chi connectivity index (χ3v) is 8.17. The summed E-state index contributed by atoms with van der Waals surface area (Å²) in [6, 6.07) is 8.89. The maximum Gasteiger partial charge on any atom is 0.275 e. The highest BCUT2D eigenvalue weighted by atomic mass is 16.2. The number of aryl methyl sites for hydroxylation is 1. The van der Waals surface area contributed by atoms with Gasteiger partial charge in [-0.25, -0.2) is 0 Å². The van der Waals surface area contributed by atoms with Crippen LogP contribution >= 0.6 is 0 Å². The van der Waals surface area contributed by atoms with Gasteiger partial charge in [0.1, 0.15) is 5.52 Å². The number of fused-ring (bicyclic) bond motifs is 3. The molecule has 1 saturated carbocycles. The summed E-state index contributed by atoms with van der Waals surface area (Å²) in [7, 11) is 1.94. The predicted octanol–water partition coefficient (Wildman–Crippen LogP) is 4.99. The van der Waals surface area contributed by atoms with Gasteiger partial charge < -0.3 is 19.4 Å². The van der Waals surface area contributed by atoms with Crippen molar-refractivity contribution >= 4 is 27.7 Å². The number of likely N-dealkylation sites (tertiary alicyclic amines) is 1. The molecule has 1 saturated heterocycles. The lowest BCUT2D eigenvalue weighted by atomic mass is 10.00. The third-order valence-electron chi connectivity index (χ3n) is 8.17. The molecule has 2 fully saturated rings. The number of amides is 1. The zero-order chi connectivity index (χ0) is 23.7. The minimum Gasteiger partial charge on any atom is -0.352 e. The molecule has 6 nitrogen and oxygen atoms in total. The zero-order valence-electron chi connectivity index (χ0n) is 20.7. The Balaban J connectivity index is 1.43. The Bertz CT molecular complexity index is 1230. The number of nitrogens with one attached hydrogen (secondary N) is 1. The summed E-state index contributed by atoms with van der Waals surface area (Å²) in [6.07, 6.45) is 12.2. The Hall–Kier alpha value is -2.60. The average molecular weight is 463 g/mol. The summed E-state index contributed by atoms with van der Waals surface area (Å²) in [6.45, 7) is 5.14. The number of para-hydroxylation sites is 1. The van der Waals surface area contributed by atoms with E-state index >= 15 is 0 Å². The zero-order valence-corrected chi connectivity index (χ0v) is 20.7. The number of piperidine rings is 1. The Morgan fingerprint density at radius 2 is 1.85 bits per heavy atom. The van der Waals surface area contributed by atoms with Gasteiger partial charge in [0.25, 0.3) is 11.5 Å². The molecule has 2 aromatic heterocycles. The van der Waals surface area contributed by atoms with E-state index in [0.29, 0.717) is 23.7 Å². The maximum absolute atomic E-state index is 13.6. The molecule has 34 heavy (non-hydrogen) atoms. The minimum absolute atomic E-state index is 0.0212. The van der Waals surface area contributed by atoms with Gasteiger partial charge >= 0.3 is 0 Å². The molecule has 6 heteroatoms. The van der Waals surface area contributed by atoms with E-state index in [-0.39, 0.29) is 17.5 Å². The molecule has 0 bridgehead atoms. The lowest BCUT2D eigenvalue weighted by Gasteiger charge is -2.35. The van der Waals surface area contributed by atoms with Gasteiger partial charge in [-0.1, -0.05) is 44.4 Å². The smallest absolute Gasteiger partial charge is 0.275 e. The van der Waals surface area contributed by atoms with Crippen LogP contribution in [0.1, 0.15) is 81.1 Å². The molecule has 1 N–H and O–H groups in total. The van der Waals surface area contributed by atoms with Crippen LogP contribution in [0.3, 0.4) is 0 Å². The van der Waals surface area contributed by atoms with Crippen LogP contribution < -0.4 is 10.9 Å². The number of rotatable bonds is 7. The number of nitrogens with zero attached hydrogens (tertiary/aromatic N) is 3. The first-order chi connectivity index (χ1) is 16.6. The van der Waals surface area contributed by atoms with Gasteiger partial charge in [0.05, 0.1) is 5.56 Å². The summed E-state index contributed by atoms with van der Waals surface area (Å²) in [5.41, 5.74) is 2.28. The van der Waals surface area contributed by atoms with Crippen LogP contribution in [-0.2, 0) is 7.05 Å². The Morgan fingerprint density at radius 1 is 1.09 bits per heavy atom. The summed E-state index contributed by atoms with van der Waals surface area (Å²) < 4.78 is 3.82. The second-order valence-electron chi connectivity index (χ2n) is 10.2. The van der Waals surface area contributed by atoms with Gasteiger partial charge in [0.15, 0.2) is 0 Å². The van der Waals surface area contributed by atoms with Gasteiger partial charge in [-0.15, -0.1) is 0 Å². The van der Waals surface area contributed by atoms with Crippen LogP contribution in [0.4, 0.5) is 0 Å². The lowest BCUT2D eigenvalue weighted by molar-refractivity contribution is 0.0948. The molecule has 0 radical (unpaired) electrons. The fourth-order valence-corrected chi connectivity index (χ4v) is 6.32. The van der Waals surface area contributed by atoms with E-state index in [0.717, 1.165) is 54.9 Å². The summed E-state index contributed by atoms with van der Waals surface area (Å²) in [5.74, 6) is -0.0706. The summed E-state index contributed by atoms with van der Waals surface area (Å²) in [4.78, 5) is 29.7. The van der Waals surface area contributed by atoms with Crippen molar-refractivity contribution in [3.05, 3.63) is 46.4 Å². The number of benzene rings is 1. The largest absolute Gasteiger partial charge is 0.352 e. The molecular weight excluding hydrogens is 424 g/mol. The van der Waals surface area contributed by atoms with E-state index in [1.54, 1.807) is 0 Å². The summed E-state index contributed by atoms with van der Waals surface area (Å²) in [5, 5.41) is 4.95. The second kappa shape index (κ2) is 9.95. The van der Waals surface area contributed by atoms with E-state index in [9.17, 15) is 9.59 Å². The quantitative estimate of drug-likeness (QED) is 0.503. The number of hydrogen-bond acceptors (Lipinski definition) is 3. The molecule has 182 valence electrons. The van der Waals surface area contributed by atoms with Crippen LogP contribution in [-0.4, -0.2) is 45.6 Å². The van der Waals surface area contributed by atoms with Crippen molar-refractivity contribution in [3.8, 4) is 0 Å². The number of pyridine rings is 1. The highest BCUT2D eigenvalue weighted by Gasteiger charge is 2.25. The molecule has 2 aliphatic rings. The standard InChI is InChI=1S/C28H38N4O2/c1-3-20-11-8-9-17-31(20)18-10-16-29-27(33)23-19-32(21-12-4-5-13-21)28(34)26-25(23)22-14-6-7-15-24(22)30(26)2/h6-7,14-15,19-21H,3-5,8-13,16-18H2,1-2H3,(H,29,33)/t20-/m0/s1. The topological polar surface area (TPSA) is 59.3 Å². The van der Waals surface area contributed by atoms with Crippen molar-refractivity contribution in [2.24, 2.45) is 7.05 Å². The average Bonchev–Trinajstić information content (AvgIpc) is 3.50. The van der Waals surface area contributed by atoms with Gasteiger partial charge in [-0.3, -0.25) is 9.59 Å². The molecular formula is C28H38N4O2. The normalized spacial score (nSPS) is 19.9. The van der Waals surface area contributed by atoms with Crippen molar-refractivity contribution in [2.75, 3.05) is 19.6 Å². The Labute approximate surface area is 201 Å². The SMILES string of the molecule is CC[C@H]1CCCCN1CCCNC(=O)c1cn(C2CCCC2)c(=O)c2c1c1ccccc1n2C. The molecule has 1 aliphatic heterocycles. The molecule has 1 aromatic carbocycles. The fraction of sp³-hybridized carbons (Fsp3) is 0.571. The monoisotopic (exact) mass is 462 g/mol. The van der Waals surface area contributed by atoms with E-state index in [1.807, 2.05) is 46.6 Å². The van der Waals surface area contributed by atoms with Crippen LogP contribution in [0.2, 0.25) is 0 Å². The first-order valence-electron chi connectivity index (χ1n) is 13.2. The predicted molar refractivity (Wildman–Crippen MR) is 139 cm³/mol. The third kappa shape index (κ3) is 4.17. The first kappa shape index (κ1) is 23.2. The fourth-order valence-electron chi connectivity index (χ4n) is 6.32. The van der Waals surface area contributed by atoms with Crippen molar-refractivity contribution in [3.63, 3.8) is 0 Å². The van der Waals surface area contributed by atoms with Gasteiger partial charge in [0.2, 0.25) is 0 Å². The van der Waals surface area contributed by atoms with Crippen LogP contribution in [0.15, 0.2) is 35.3 Å². The molecule has 3 aromatic rings. The number of aromatic nitrogens is 2. The van der Waals surface area contributed by atoms with Gasteiger partial charge in [0, 0.05) is 54.7 Å². The molecule has 0 unspecified atom stereocenters. The number of hydrogen-bond donors (Lipinski definition) is 1.